The van der Waals surface area contributed by atoms with Gasteiger partial charge in [0, 0.05) is 18.6 Å². The van der Waals surface area contributed by atoms with E-state index in [-0.39, 0.29) is 18.0 Å². The van der Waals surface area contributed by atoms with Crippen LogP contribution >= 0.6 is 0 Å². The summed E-state index contributed by atoms with van der Waals surface area (Å²) >= 11 is 0. The number of carbonyl (C=O) groups is 1. The number of nitrogens with one attached hydrogen (secondary N) is 3. The van der Waals surface area contributed by atoms with Crippen molar-refractivity contribution in [3.8, 4) is 0 Å². The highest BCUT2D eigenvalue weighted by molar-refractivity contribution is 5.85. The van der Waals surface area contributed by atoms with Gasteiger partial charge in [0.15, 0.2) is 5.96 Å². The Morgan fingerprint density at radius 2 is 1.81 bits per heavy atom. The summed E-state index contributed by atoms with van der Waals surface area (Å²) in [5.74, 6) is 0.682. The van der Waals surface area contributed by atoms with Gasteiger partial charge >= 0.3 is 0 Å². The van der Waals surface area contributed by atoms with Gasteiger partial charge in [0.2, 0.25) is 5.91 Å². The molecule has 0 spiro atoms. The smallest absolute Gasteiger partial charge is 0.242 e. The third kappa shape index (κ3) is 7.34. The summed E-state index contributed by atoms with van der Waals surface area (Å²) in [4.78, 5) is 16.2. The molecule has 1 saturated carbocycles. The van der Waals surface area contributed by atoms with Crippen LogP contribution in [0.3, 0.4) is 0 Å². The fourth-order valence-corrected chi connectivity index (χ4v) is 2.65. The maximum Gasteiger partial charge on any atom is 0.242 e. The van der Waals surface area contributed by atoms with Crippen molar-refractivity contribution in [2.45, 2.75) is 65.8 Å². The minimum absolute atomic E-state index is 0.0493. The van der Waals surface area contributed by atoms with Crippen LogP contribution in [0.4, 0.5) is 0 Å². The summed E-state index contributed by atoms with van der Waals surface area (Å²) in [5.41, 5.74) is 0.152. The van der Waals surface area contributed by atoms with Gasteiger partial charge in [-0.25, -0.2) is 4.99 Å². The molecule has 5 nitrogen and oxygen atoms in total. The first-order valence-electron chi connectivity index (χ1n) is 8.07. The molecule has 0 atom stereocenters. The van der Waals surface area contributed by atoms with Crippen LogP contribution in [0.25, 0.3) is 0 Å². The van der Waals surface area contributed by atoms with Crippen LogP contribution in [-0.4, -0.2) is 37.0 Å². The zero-order valence-corrected chi connectivity index (χ0v) is 14.3. The highest BCUT2D eigenvalue weighted by Crippen LogP contribution is 2.36. The van der Waals surface area contributed by atoms with Crippen LogP contribution in [0.2, 0.25) is 0 Å². The van der Waals surface area contributed by atoms with Gasteiger partial charge in [-0.05, 0) is 46.0 Å². The molecule has 0 aromatic rings. The molecular weight excluding hydrogens is 264 g/mol. The zero-order chi connectivity index (χ0) is 15.9. The van der Waals surface area contributed by atoms with Gasteiger partial charge in [-0.1, -0.05) is 19.8 Å². The molecule has 0 aliphatic heterocycles. The van der Waals surface area contributed by atoms with E-state index < -0.39 is 0 Å². The van der Waals surface area contributed by atoms with Gasteiger partial charge in [-0.3, -0.25) is 4.79 Å². The third-order valence-electron chi connectivity index (χ3n) is 3.73. The minimum Gasteiger partial charge on any atom is -0.357 e. The van der Waals surface area contributed by atoms with Crippen molar-refractivity contribution in [2.24, 2.45) is 10.4 Å². The first kappa shape index (κ1) is 17.8. The van der Waals surface area contributed by atoms with E-state index in [4.69, 9.17) is 0 Å². The highest BCUT2D eigenvalue weighted by atomic mass is 16.2. The number of guanidine groups is 1. The lowest BCUT2D eigenvalue weighted by Crippen LogP contribution is -2.44. The van der Waals surface area contributed by atoms with Gasteiger partial charge in [0.25, 0.3) is 0 Å². The van der Waals surface area contributed by atoms with Gasteiger partial charge in [-0.15, -0.1) is 0 Å². The van der Waals surface area contributed by atoms with Crippen LogP contribution in [0.15, 0.2) is 4.99 Å². The Labute approximate surface area is 129 Å². The van der Waals surface area contributed by atoms with Crippen molar-refractivity contribution in [3.63, 3.8) is 0 Å². The molecule has 1 aliphatic carbocycles. The number of hydrogen-bond donors (Lipinski definition) is 3. The normalized spacial score (nSPS) is 18.4. The minimum atomic E-state index is -0.213. The van der Waals surface area contributed by atoms with Crippen LogP contribution in [0.5, 0.6) is 0 Å². The standard InChI is InChI=1S/C16H32N4O/c1-6-17-14(18-11-13(21)20-15(2,3)4)19-12-16(5)9-7-8-10-16/h6-12H2,1-5H3,(H,20,21)(H2,17,18,19). The van der Waals surface area contributed by atoms with E-state index in [0.717, 1.165) is 19.0 Å². The average Bonchev–Trinajstić information content (AvgIpc) is 2.78. The first-order valence-corrected chi connectivity index (χ1v) is 8.07. The Morgan fingerprint density at radius 1 is 1.19 bits per heavy atom. The summed E-state index contributed by atoms with van der Waals surface area (Å²) in [5, 5.41) is 9.50. The lowest BCUT2D eigenvalue weighted by molar-refractivity contribution is -0.121. The first-order chi connectivity index (χ1) is 9.74. The molecule has 0 radical (unpaired) electrons. The Kier molecular flexibility index (Phi) is 6.49. The maximum atomic E-state index is 11.8. The molecule has 1 amide bonds. The Balaban J connectivity index is 2.47. The van der Waals surface area contributed by atoms with Gasteiger partial charge in [0.1, 0.15) is 6.54 Å². The number of aliphatic imine (C=N–C) groups is 1. The molecule has 1 rings (SSSR count). The van der Waals surface area contributed by atoms with E-state index in [2.05, 4.69) is 27.9 Å². The molecule has 0 aromatic heterocycles. The Hall–Kier alpha value is -1.26. The largest absolute Gasteiger partial charge is 0.357 e. The Bertz CT molecular complexity index is 365. The molecule has 5 heteroatoms. The second kappa shape index (κ2) is 7.66. The lowest BCUT2D eigenvalue weighted by atomic mass is 9.89. The van der Waals surface area contributed by atoms with Crippen molar-refractivity contribution in [2.75, 3.05) is 19.6 Å². The number of hydrogen-bond acceptors (Lipinski definition) is 2. The average molecular weight is 296 g/mol. The maximum absolute atomic E-state index is 11.8. The van der Waals surface area contributed by atoms with Crippen molar-refractivity contribution in [1.29, 1.82) is 0 Å². The molecule has 3 N–H and O–H groups in total. The zero-order valence-electron chi connectivity index (χ0n) is 14.3. The Morgan fingerprint density at radius 3 is 2.33 bits per heavy atom. The molecule has 0 unspecified atom stereocenters. The second-order valence-corrected chi connectivity index (χ2v) is 7.36. The van der Waals surface area contributed by atoms with Crippen molar-refractivity contribution in [1.82, 2.24) is 16.0 Å². The van der Waals surface area contributed by atoms with E-state index >= 15 is 0 Å². The molecule has 1 fully saturated rings. The molecular formula is C16H32N4O. The van der Waals surface area contributed by atoms with Crippen LogP contribution in [-0.2, 0) is 4.79 Å². The molecule has 0 heterocycles. The molecule has 21 heavy (non-hydrogen) atoms. The van der Waals surface area contributed by atoms with E-state index in [0.29, 0.717) is 5.41 Å². The molecule has 0 saturated heterocycles. The molecule has 0 bridgehead atoms. The summed E-state index contributed by atoms with van der Waals surface area (Å²) in [7, 11) is 0. The van der Waals surface area contributed by atoms with Crippen molar-refractivity contribution >= 4 is 11.9 Å². The van der Waals surface area contributed by atoms with Crippen LogP contribution < -0.4 is 16.0 Å². The summed E-state index contributed by atoms with van der Waals surface area (Å²) < 4.78 is 0. The fraction of sp³-hybridized carbons (Fsp3) is 0.875. The van der Waals surface area contributed by atoms with E-state index in [1.54, 1.807) is 0 Å². The fourth-order valence-electron chi connectivity index (χ4n) is 2.65. The quantitative estimate of drug-likeness (QED) is 0.537. The lowest BCUT2D eigenvalue weighted by Gasteiger charge is -2.25. The van der Waals surface area contributed by atoms with Crippen LogP contribution in [0.1, 0.15) is 60.3 Å². The summed E-state index contributed by atoms with van der Waals surface area (Å²) in [6.45, 7) is 12.1. The van der Waals surface area contributed by atoms with Gasteiger partial charge in [0.05, 0.1) is 0 Å². The number of carbonyl (C=O) groups excluding carboxylic acids is 1. The van der Waals surface area contributed by atoms with E-state index in [1.807, 2.05) is 27.7 Å². The number of rotatable bonds is 5. The molecule has 1 aliphatic rings. The van der Waals surface area contributed by atoms with Gasteiger partial charge in [-0.2, -0.15) is 0 Å². The predicted octanol–water partition coefficient (Wildman–Crippen LogP) is 2.04. The van der Waals surface area contributed by atoms with E-state index in [9.17, 15) is 4.79 Å². The van der Waals surface area contributed by atoms with Crippen molar-refractivity contribution in [3.05, 3.63) is 0 Å². The topological polar surface area (TPSA) is 65.5 Å². The molecule has 0 aromatic carbocycles. The summed E-state index contributed by atoms with van der Waals surface area (Å²) in [6.07, 6.45) is 5.17. The van der Waals surface area contributed by atoms with E-state index in [1.165, 1.54) is 25.7 Å². The van der Waals surface area contributed by atoms with Crippen molar-refractivity contribution < 1.29 is 4.79 Å². The molecule has 122 valence electrons. The van der Waals surface area contributed by atoms with Gasteiger partial charge < -0.3 is 16.0 Å². The number of nitrogens with zero attached hydrogens (tertiary/aromatic N) is 1. The highest BCUT2D eigenvalue weighted by Gasteiger charge is 2.28. The second-order valence-electron chi connectivity index (χ2n) is 7.36. The predicted molar refractivity (Wildman–Crippen MR) is 88.5 cm³/mol. The third-order valence-corrected chi connectivity index (χ3v) is 3.73. The summed E-state index contributed by atoms with van der Waals surface area (Å²) in [6, 6.07) is 0. The SMILES string of the molecule is CCNC(=NCC(=O)NC(C)(C)C)NCC1(C)CCCC1. The van der Waals surface area contributed by atoms with Crippen LogP contribution in [0, 0.1) is 5.41 Å². The monoisotopic (exact) mass is 296 g/mol. The number of amides is 1.